The molecule has 0 atom stereocenters. The van der Waals surface area contributed by atoms with Gasteiger partial charge in [-0.25, -0.2) is 4.79 Å². The number of nitrogens with zero attached hydrogens (tertiary/aromatic N) is 3. The highest BCUT2D eigenvalue weighted by atomic mass is 35.5. The maximum Gasteiger partial charge on any atom is 0.387 e. The zero-order valence-electron chi connectivity index (χ0n) is 11.3. The van der Waals surface area contributed by atoms with Crippen LogP contribution < -0.4 is 10.5 Å². The van der Waals surface area contributed by atoms with Crippen LogP contribution in [0.4, 0.5) is 0 Å². The first kappa shape index (κ1) is 14.8. The first-order chi connectivity index (χ1) is 10.0. The summed E-state index contributed by atoms with van der Waals surface area (Å²) >= 11 is 5.89. The molecule has 2 rings (SSSR count). The van der Waals surface area contributed by atoms with Crippen molar-refractivity contribution >= 4 is 23.4 Å². The fourth-order valence-electron chi connectivity index (χ4n) is 1.54. The number of aryl methyl sites for hydroxylation is 1. The van der Waals surface area contributed by atoms with Crippen LogP contribution in [0.1, 0.15) is 21.7 Å². The molecule has 0 fully saturated rings. The molecule has 9 heteroatoms. The van der Waals surface area contributed by atoms with Crippen LogP contribution in [0.25, 0.3) is 0 Å². The summed E-state index contributed by atoms with van der Waals surface area (Å²) in [6, 6.07) is 4.82. The maximum absolute atomic E-state index is 11.7. The summed E-state index contributed by atoms with van der Waals surface area (Å²) in [5, 5.41) is 13.7. The van der Waals surface area contributed by atoms with Crippen LogP contribution in [0.2, 0.25) is 5.02 Å². The second-order valence-electron chi connectivity index (χ2n) is 3.96. The molecule has 21 heavy (non-hydrogen) atoms. The first-order valence-corrected chi connectivity index (χ1v) is 6.16. The average Bonchev–Trinajstić information content (AvgIpc) is 2.90. The lowest BCUT2D eigenvalue weighted by molar-refractivity contribution is 0.0508. The Morgan fingerprint density at radius 2 is 2.19 bits per heavy atom. The third-order valence-corrected chi connectivity index (χ3v) is 2.82. The number of carbonyl (C=O) groups excluding carboxylic acids is 1. The molecule has 1 heterocycles. The largest absolute Gasteiger partial charge is 0.496 e. The number of H-pyrrole nitrogens is 1. The Balaban J connectivity index is 2.20. The highest BCUT2D eigenvalue weighted by molar-refractivity contribution is 6.31. The number of oxime groups is 1. The van der Waals surface area contributed by atoms with E-state index in [4.69, 9.17) is 26.9 Å². The van der Waals surface area contributed by atoms with Crippen molar-refractivity contribution in [3.05, 3.63) is 40.2 Å². The molecule has 1 aromatic carbocycles. The molecule has 2 aromatic rings. The van der Waals surface area contributed by atoms with E-state index in [-0.39, 0.29) is 11.5 Å². The average molecular weight is 310 g/mol. The second kappa shape index (κ2) is 6.23. The number of aromatic nitrogens is 3. The molecule has 0 aliphatic rings. The number of rotatable bonds is 4. The highest BCUT2D eigenvalue weighted by Crippen LogP contribution is 2.22. The number of carbonyl (C=O) groups is 1. The number of hydrogen-bond donors (Lipinski definition) is 2. The van der Waals surface area contributed by atoms with Crippen molar-refractivity contribution in [1.29, 1.82) is 0 Å². The van der Waals surface area contributed by atoms with Gasteiger partial charge in [0.2, 0.25) is 0 Å². The first-order valence-electron chi connectivity index (χ1n) is 5.79. The van der Waals surface area contributed by atoms with Gasteiger partial charge in [-0.05, 0) is 25.1 Å². The molecular weight excluding hydrogens is 298 g/mol. The summed E-state index contributed by atoms with van der Waals surface area (Å²) < 4.78 is 5.13. The number of halogens is 1. The number of methoxy groups -OCH3 is 1. The molecule has 0 saturated carbocycles. The van der Waals surface area contributed by atoms with Crippen molar-refractivity contribution in [3.63, 3.8) is 0 Å². The summed E-state index contributed by atoms with van der Waals surface area (Å²) in [5.41, 5.74) is 6.61. The SMILES string of the molecule is COc1ccc(Cl)cc1/C(N)=N/OC(=O)c1n[nH]nc1C. The molecule has 0 bridgehead atoms. The quantitative estimate of drug-likeness (QED) is 0.380. The number of nitrogens with two attached hydrogens (primary N) is 1. The van der Waals surface area contributed by atoms with Gasteiger partial charge in [-0.1, -0.05) is 16.8 Å². The van der Waals surface area contributed by atoms with Crippen LogP contribution in [0.5, 0.6) is 5.75 Å². The van der Waals surface area contributed by atoms with Crippen LogP contribution in [-0.4, -0.2) is 34.3 Å². The van der Waals surface area contributed by atoms with Gasteiger partial charge in [-0.2, -0.15) is 10.3 Å². The van der Waals surface area contributed by atoms with E-state index >= 15 is 0 Å². The zero-order valence-corrected chi connectivity index (χ0v) is 12.0. The molecule has 1 aromatic heterocycles. The molecule has 0 unspecified atom stereocenters. The minimum atomic E-state index is -0.773. The van der Waals surface area contributed by atoms with Crippen molar-refractivity contribution < 1.29 is 14.4 Å². The van der Waals surface area contributed by atoms with Gasteiger partial charge in [0.1, 0.15) is 5.75 Å². The molecule has 3 N–H and O–H groups in total. The number of hydrogen-bond acceptors (Lipinski definition) is 6. The molecule has 0 amide bonds. The molecule has 0 aliphatic carbocycles. The van der Waals surface area contributed by atoms with Gasteiger partial charge in [0.05, 0.1) is 18.4 Å². The topological polar surface area (TPSA) is 115 Å². The maximum atomic E-state index is 11.7. The van der Waals surface area contributed by atoms with Crippen LogP contribution in [0.3, 0.4) is 0 Å². The van der Waals surface area contributed by atoms with E-state index in [0.717, 1.165) is 0 Å². The van der Waals surface area contributed by atoms with Crippen LogP contribution in [0.15, 0.2) is 23.4 Å². The lowest BCUT2D eigenvalue weighted by atomic mass is 10.2. The molecule has 0 spiro atoms. The third kappa shape index (κ3) is 3.29. The fraction of sp³-hybridized carbons (Fsp3) is 0.167. The van der Waals surface area contributed by atoms with E-state index in [1.807, 2.05) is 0 Å². The van der Waals surface area contributed by atoms with Crippen molar-refractivity contribution in [2.45, 2.75) is 6.92 Å². The number of amidine groups is 1. The van der Waals surface area contributed by atoms with Gasteiger partial charge in [0, 0.05) is 5.02 Å². The smallest absolute Gasteiger partial charge is 0.387 e. The summed E-state index contributed by atoms with van der Waals surface area (Å²) in [4.78, 5) is 16.4. The normalized spacial score (nSPS) is 11.3. The summed E-state index contributed by atoms with van der Waals surface area (Å²) in [7, 11) is 1.48. The number of aromatic amines is 1. The Hall–Kier alpha value is -2.61. The minimum Gasteiger partial charge on any atom is -0.496 e. The fourth-order valence-corrected chi connectivity index (χ4v) is 1.71. The van der Waals surface area contributed by atoms with E-state index < -0.39 is 5.97 Å². The van der Waals surface area contributed by atoms with E-state index in [2.05, 4.69) is 20.6 Å². The van der Waals surface area contributed by atoms with Gasteiger partial charge in [0.15, 0.2) is 11.5 Å². The van der Waals surface area contributed by atoms with Gasteiger partial charge < -0.3 is 15.3 Å². The lowest BCUT2D eigenvalue weighted by Crippen LogP contribution is -2.16. The predicted molar refractivity (Wildman–Crippen MR) is 75.3 cm³/mol. The standard InChI is InChI=1S/C12H12ClN5O3/c1-6-10(16-18-15-6)12(19)21-17-11(14)8-5-7(13)3-4-9(8)20-2/h3-5H,1-2H3,(H2,14,17)(H,15,16,18). The van der Waals surface area contributed by atoms with Gasteiger partial charge >= 0.3 is 5.97 Å². The van der Waals surface area contributed by atoms with E-state index in [9.17, 15) is 4.79 Å². The zero-order chi connectivity index (χ0) is 15.4. The van der Waals surface area contributed by atoms with Crippen molar-refractivity contribution in [2.75, 3.05) is 7.11 Å². The Morgan fingerprint density at radius 3 is 2.81 bits per heavy atom. The van der Waals surface area contributed by atoms with Crippen LogP contribution in [0, 0.1) is 6.92 Å². The summed E-state index contributed by atoms with van der Waals surface area (Å²) in [6.45, 7) is 1.60. The van der Waals surface area contributed by atoms with Gasteiger partial charge in [-0.3, -0.25) is 0 Å². The number of nitrogens with one attached hydrogen (secondary N) is 1. The molecule has 0 aliphatic heterocycles. The molecule has 8 nitrogen and oxygen atoms in total. The Morgan fingerprint density at radius 1 is 1.43 bits per heavy atom. The molecule has 110 valence electrons. The van der Waals surface area contributed by atoms with Crippen LogP contribution >= 0.6 is 11.6 Å². The van der Waals surface area contributed by atoms with E-state index in [1.165, 1.54) is 7.11 Å². The van der Waals surface area contributed by atoms with Gasteiger partial charge in [0.25, 0.3) is 0 Å². The summed E-state index contributed by atoms with van der Waals surface area (Å²) in [6.07, 6.45) is 0. The number of ether oxygens (including phenoxy) is 1. The van der Waals surface area contributed by atoms with Crippen LogP contribution in [-0.2, 0) is 4.84 Å². The Labute approximate surface area is 124 Å². The lowest BCUT2D eigenvalue weighted by Gasteiger charge is -2.07. The minimum absolute atomic E-state index is 0.0320. The van der Waals surface area contributed by atoms with Crippen molar-refractivity contribution in [2.24, 2.45) is 10.9 Å². The molecule has 0 radical (unpaired) electrons. The summed E-state index contributed by atoms with van der Waals surface area (Å²) in [5.74, 6) is -0.372. The van der Waals surface area contributed by atoms with Crippen molar-refractivity contribution in [1.82, 2.24) is 15.4 Å². The Bertz CT molecular complexity index is 698. The van der Waals surface area contributed by atoms with E-state index in [0.29, 0.717) is 22.0 Å². The third-order valence-electron chi connectivity index (χ3n) is 2.58. The van der Waals surface area contributed by atoms with Crippen molar-refractivity contribution in [3.8, 4) is 5.75 Å². The second-order valence-corrected chi connectivity index (χ2v) is 4.39. The van der Waals surface area contributed by atoms with E-state index in [1.54, 1.807) is 25.1 Å². The predicted octanol–water partition coefficient (Wildman–Crippen LogP) is 1.25. The highest BCUT2D eigenvalue weighted by Gasteiger charge is 2.16. The van der Waals surface area contributed by atoms with Gasteiger partial charge in [-0.15, -0.1) is 5.10 Å². The molecular formula is C12H12ClN5O3. The number of benzene rings is 1. The monoisotopic (exact) mass is 309 g/mol. The Kier molecular flexibility index (Phi) is 4.39. The molecule has 0 saturated heterocycles.